The summed E-state index contributed by atoms with van der Waals surface area (Å²) in [5.74, 6) is 2.17. The van der Waals surface area contributed by atoms with Crippen LogP contribution < -0.4 is 24.3 Å². The minimum atomic E-state index is -0.117. The predicted octanol–water partition coefficient (Wildman–Crippen LogP) is 2.58. The van der Waals surface area contributed by atoms with Gasteiger partial charge in [-0.2, -0.15) is 0 Å². The topological polar surface area (TPSA) is 66.0 Å². The molecule has 0 aliphatic rings. The summed E-state index contributed by atoms with van der Waals surface area (Å²) in [6.07, 6.45) is 0.174. The van der Waals surface area contributed by atoms with E-state index in [9.17, 15) is 4.79 Å². The van der Waals surface area contributed by atoms with Crippen LogP contribution in [0.15, 0.2) is 36.4 Å². The molecule has 1 amide bonds. The maximum atomic E-state index is 12.3. The van der Waals surface area contributed by atoms with Crippen LogP contribution in [0.3, 0.4) is 0 Å². The fourth-order valence-corrected chi connectivity index (χ4v) is 2.52. The average Bonchev–Trinajstić information content (AvgIpc) is 2.65. The number of methoxy groups -OCH3 is 4. The highest BCUT2D eigenvalue weighted by Gasteiger charge is 2.17. The molecule has 0 heterocycles. The molecule has 0 fully saturated rings. The Morgan fingerprint density at radius 3 is 2.32 bits per heavy atom. The molecular formula is C19H23NO5. The second-order valence-corrected chi connectivity index (χ2v) is 5.30. The first-order valence-electron chi connectivity index (χ1n) is 7.80. The summed E-state index contributed by atoms with van der Waals surface area (Å²) in [6, 6.07) is 11.1. The Balaban J connectivity index is 2.07. The van der Waals surface area contributed by atoms with E-state index in [1.807, 2.05) is 24.3 Å². The minimum absolute atomic E-state index is 0.117. The minimum Gasteiger partial charge on any atom is -0.497 e. The number of carbonyl (C=O) groups excluding carboxylic acids is 1. The quantitative estimate of drug-likeness (QED) is 0.797. The number of ether oxygens (including phenoxy) is 4. The summed E-state index contributed by atoms with van der Waals surface area (Å²) in [7, 11) is 6.24. The van der Waals surface area contributed by atoms with Gasteiger partial charge in [0.25, 0.3) is 0 Å². The van der Waals surface area contributed by atoms with Crippen LogP contribution in [0.1, 0.15) is 11.1 Å². The highest BCUT2D eigenvalue weighted by molar-refractivity contribution is 5.80. The Kier molecular flexibility index (Phi) is 6.51. The van der Waals surface area contributed by atoms with Gasteiger partial charge in [-0.15, -0.1) is 0 Å². The van der Waals surface area contributed by atoms with Crippen molar-refractivity contribution in [1.29, 1.82) is 0 Å². The first-order chi connectivity index (χ1) is 12.1. The number of carbonyl (C=O) groups is 1. The van der Waals surface area contributed by atoms with Crippen LogP contribution in [0.25, 0.3) is 0 Å². The van der Waals surface area contributed by atoms with Crippen LogP contribution in [0, 0.1) is 0 Å². The van der Waals surface area contributed by atoms with Gasteiger partial charge in [-0.3, -0.25) is 4.79 Å². The van der Waals surface area contributed by atoms with E-state index in [0.29, 0.717) is 23.8 Å². The second kappa shape index (κ2) is 8.82. The molecule has 0 aliphatic heterocycles. The van der Waals surface area contributed by atoms with E-state index < -0.39 is 0 Å². The first-order valence-corrected chi connectivity index (χ1v) is 7.80. The molecule has 0 unspecified atom stereocenters. The van der Waals surface area contributed by atoms with Crippen molar-refractivity contribution in [1.82, 2.24) is 5.32 Å². The van der Waals surface area contributed by atoms with Crippen LogP contribution in [0.4, 0.5) is 0 Å². The lowest BCUT2D eigenvalue weighted by atomic mass is 10.1. The summed E-state index contributed by atoms with van der Waals surface area (Å²) in [5, 5.41) is 2.89. The van der Waals surface area contributed by atoms with Gasteiger partial charge >= 0.3 is 0 Å². The molecule has 2 aromatic carbocycles. The number of hydrogen-bond donors (Lipinski definition) is 1. The standard InChI is InChI=1S/C19H23NO5/c1-22-15-7-5-6-13(10-15)12-20-17(21)11-14-8-9-16(23-2)19(25-4)18(14)24-3/h5-10H,11-12H2,1-4H3,(H,20,21). The third kappa shape index (κ3) is 4.56. The molecule has 0 radical (unpaired) electrons. The van der Waals surface area contributed by atoms with Gasteiger partial charge in [0, 0.05) is 12.1 Å². The summed E-state index contributed by atoms with van der Waals surface area (Å²) >= 11 is 0. The third-order valence-electron chi connectivity index (χ3n) is 3.76. The first kappa shape index (κ1) is 18.4. The molecule has 1 N–H and O–H groups in total. The van der Waals surface area contributed by atoms with E-state index in [0.717, 1.165) is 16.9 Å². The lowest BCUT2D eigenvalue weighted by molar-refractivity contribution is -0.120. The molecule has 25 heavy (non-hydrogen) atoms. The van der Waals surface area contributed by atoms with Gasteiger partial charge in [-0.1, -0.05) is 18.2 Å². The maximum Gasteiger partial charge on any atom is 0.224 e. The summed E-state index contributed by atoms with van der Waals surface area (Å²) in [4.78, 5) is 12.3. The van der Waals surface area contributed by atoms with Crippen LogP contribution in [-0.2, 0) is 17.8 Å². The van der Waals surface area contributed by atoms with Gasteiger partial charge in [0.2, 0.25) is 11.7 Å². The Morgan fingerprint density at radius 2 is 1.68 bits per heavy atom. The van der Waals surface area contributed by atoms with Gasteiger partial charge in [0.1, 0.15) is 5.75 Å². The third-order valence-corrected chi connectivity index (χ3v) is 3.76. The molecule has 0 atom stereocenters. The molecule has 0 saturated heterocycles. The molecule has 0 aromatic heterocycles. The monoisotopic (exact) mass is 345 g/mol. The Bertz CT molecular complexity index is 730. The Morgan fingerprint density at radius 1 is 0.920 bits per heavy atom. The van der Waals surface area contributed by atoms with Crippen LogP contribution in [0.2, 0.25) is 0 Å². The zero-order valence-electron chi connectivity index (χ0n) is 14.9. The lowest BCUT2D eigenvalue weighted by Crippen LogP contribution is -2.24. The normalized spacial score (nSPS) is 10.1. The largest absolute Gasteiger partial charge is 0.497 e. The fraction of sp³-hybridized carbons (Fsp3) is 0.316. The van der Waals surface area contributed by atoms with Gasteiger partial charge in [0.05, 0.1) is 34.9 Å². The number of rotatable bonds is 8. The fourth-order valence-electron chi connectivity index (χ4n) is 2.52. The van der Waals surface area contributed by atoms with Crippen molar-refractivity contribution in [2.24, 2.45) is 0 Å². The summed E-state index contributed by atoms with van der Waals surface area (Å²) < 4.78 is 21.2. The molecule has 2 rings (SSSR count). The zero-order chi connectivity index (χ0) is 18.2. The SMILES string of the molecule is COc1cccc(CNC(=O)Cc2ccc(OC)c(OC)c2OC)c1. The van der Waals surface area contributed by atoms with Crippen LogP contribution >= 0.6 is 0 Å². The van der Waals surface area contributed by atoms with Gasteiger partial charge in [-0.25, -0.2) is 0 Å². The molecule has 0 saturated carbocycles. The van der Waals surface area contributed by atoms with Gasteiger partial charge < -0.3 is 24.3 Å². The molecule has 2 aromatic rings. The molecule has 134 valence electrons. The lowest BCUT2D eigenvalue weighted by Gasteiger charge is -2.15. The highest BCUT2D eigenvalue weighted by Crippen LogP contribution is 2.39. The van der Waals surface area contributed by atoms with Crippen LogP contribution in [0.5, 0.6) is 23.0 Å². The smallest absolute Gasteiger partial charge is 0.224 e. The Labute approximate surface area is 147 Å². The van der Waals surface area contributed by atoms with Crippen molar-refractivity contribution in [3.05, 3.63) is 47.5 Å². The van der Waals surface area contributed by atoms with E-state index in [1.165, 1.54) is 14.2 Å². The van der Waals surface area contributed by atoms with E-state index in [-0.39, 0.29) is 12.3 Å². The molecule has 6 nitrogen and oxygen atoms in total. The van der Waals surface area contributed by atoms with E-state index in [2.05, 4.69) is 5.32 Å². The van der Waals surface area contributed by atoms with Gasteiger partial charge in [0.15, 0.2) is 11.5 Å². The van der Waals surface area contributed by atoms with Crippen molar-refractivity contribution < 1.29 is 23.7 Å². The maximum absolute atomic E-state index is 12.3. The van der Waals surface area contributed by atoms with Crippen molar-refractivity contribution in [3.8, 4) is 23.0 Å². The van der Waals surface area contributed by atoms with Crippen molar-refractivity contribution in [2.45, 2.75) is 13.0 Å². The van der Waals surface area contributed by atoms with E-state index in [4.69, 9.17) is 18.9 Å². The van der Waals surface area contributed by atoms with E-state index >= 15 is 0 Å². The molecule has 6 heteroatoms. The number of benzene rings is 2. The summed E-state index contributed by atoms with van der Waals surface area (Å²) in [6.45, 7) is 0.422. The van der Waals surface area contributed by atoms with Crippen molar-refractivity contribution in [2.75, 3.05) is 28.4 Å². The van der Waals surface area contributed by atoms with E-state index in [1.54, 1.807) is 26.4 Å². The van der Waals surface area contributed by atoms with Crippen molar-refractivity contribution in [3.63, 3.8) is 0 Å². The van der Waals surface area contributed by atoms with Crippen LogP contribution in [-0.4, -0.2) is 34.3 Å². The number of nitrogens with one attached hydrogen (secondary N) is 1. The Hall–Kier alpha value is -2.89. The highest BCUT2D eigenvalue weighted by atomic mass is 16.5. The summed E-state index contributed by atoms with van der Waals surface area (Å²) in [5.41, 5.74) is 1.69. The molecule has 0 aliphatic carbocycles. The zero-order valence-corrected chi connectivity index (χ0v) is 14.9. The second-order valence-electron chi connectivity index (χ2n) is 5.30. The van der Waals surface area contributed by atoms with Crippen molar-refractivity contribution >= 4 is 5.91 Å². The molecule has 0 spiro atoms. The molecular weight excluding hydrogens is 322 g/mol. The number of amides is 1. The van der Waals surface area contributed by atoms with Gasteiger partial charge in [-0.05, 0) is 23.8 Å². The molecule has 0 bridgehead atoms. The predicted molar refractivity (Wildman–Crippen MR) is 94.6 cm³/mol. The average molecular weight is 345 g/mol. The number of hydrogen-bond acceptors (Lipinski definition) is 5.